The molecule has 0 spiro atoms. The normalized spacial score (nSPS) is 11.6. The standard InChI is InChI=1S/C21H16N4O2S/c1-21(2,19(26)27)28-20-24-16-8-5-11-23-18(16)25(20)17-10-9-13(12-22)14-6-3-4-7-15(14)17/h3-11H,1-2H3,(H,26,27). The summed E-state index contributed by atoms with van der Waals surface area (Å²) in [6.07, 6.45) is 1.68. The molecule has 1 N–H and O–H groups in total. The van der Waals surface area contributed by atoms with Crippen molar-refractivity contribution in [2.45, 2.75) is 23.8 Å². The van der Waals surface area contributed by atoms with Gasteiger partial charge < -0.3 is 5.11 Å². The molecular formula is C21H16N4O2S. The minimum absolute atomic E-state index is 0.538. The van der Waals surface area contributed by atoms with Crippen LogP contribution in [0.4, 0.5) is 0 Å². The van der Waals surface area contributed by atoms with Crippen molar-refractivity contribution in [2.24, 2.45) is 0 Å². The maximum absolute atomic E-state index is 11.7. The Bertz CT molecular complexity index is 1270. The van der Waals surface area contributed by atoms with Crippen LogP contribution in [-0.4, -0.2) is 30.4 Å². The highest BCUT2D eigenvalue weighted by Crippen LogP contribution is 2.37. The van der Waals surface area contributed by atoms with Crippen LogP contribution in [0.2, 0.25) is 0 Å². The van der Waals surface area contributed by atoms with E-state index in [1.165, 1.54) is 11.8 Å². The van der Waals surface area contributed by atoms with E-state index in [1.54, 1.807) is 32.2 Å². The number of carbonyl (C=O) groups is 1. The molecule has 0 radical (unpaired) electrons. The Balaban J connectivity index is 2.04. The zero-order chi connectivity index (χ0) is 19.9. The molecule has 0 saturated carbocycles. The molecule has 0 bridgehead atoms. The molecule has 6 nitrogen and oxygen atoms in total. The molecule has 2 aromatic carbocycles. The number of thioether (sulfide) groups is 1. The van der Waals surface area contributed by atoms with Crippen LogP contribution in [-0.2, 0) is 4.79 Å². The fourth-order valence-corrected chi connectivity index (χ4v) is 3.99. The van der Waals surface area contributed by atoms with Gasteiger partial charge in [-0.2, -0.15) is 5.26 Å². The molecule has 0 unspecified atom stereocenters. The molecule has 0 aliphatic rings. The highest BCUT2D eigenvalue weighted by molar-refractivity contribution is 8.01. The second kappa shape index (κ2) is 6.66. The van der Waals surface area contributed by atoms with Gasteiger partial charge in [-0.3, -0.25) is 9.36 Å². The summed E-state index contributed by atoms with van der Waals surface area (Å²) in [5.41, 5.74) is 2.71. The third kappa shape index (κ3) is 2.88. The van der Waals surface area contributed by atoms with Crippen LogP contribution >= 0.6 is 11.8 Å². The number of nitriles is 1. The molecule has 0 saturated heterocycles. The van der Waals surface area contributed by atoms with Gasteiger partial charge in [0, 0.05) is 17.0 Å². The van der Waals surface area contributed by atoms with Gasteiger partial charge in [-0.05, 0) is 38.1 Å². The molecule has 7 heteroatoms. The molecule has 4 aromatic rings. The lowest BCUT2D eigenvalue weighted by atomic mass is 10.0. The Morgan fingerprint density at radius 1 is 1.14 bits per heavy atom. The molecule has 0 fully saturated rings. The van der Waals surface area contributed by atoms with Crippen LogP contribution in [0, 0.1) is 11.3 Å². The number of imidazole rings is 1. The number of aromatic nitrogens is 3. The van der Waals surface area contributed by atoms with Gasteiger partial charge in [0.1, 0.15) is 10.3 Å². The minimum atomic E-state index is -1.07. The van der Waals surface area contributed by atoms with Crippen molar-refractivity contribution in [1.29, 1.82) is 5.26 Å². The number of aliphatic carboxylic acids is 1. The summed E-state index contributed by atoms with van der Waals surface area (Å²) in [4.78, 5) is 20.8. The molecular weight excluding hydrogens is 372 g/mol. The lowest BCUT2D eigenvalue weighted by Crippen LogP contribution is -2.27. The van der Waals surface area contributed by atoms with E-state index < -0.39 is 10.7 Å². The third-order valence-electron chi connectivity index (χ3n) is 4.51. The number of benzene rings is 2. The highest BCUT2D eigenvalue weighted by atomic mass is 32.2. The van der Waals surface area contributed by atoms with Gasteiger partial charge in [0.2, 0.25) is 0 Å². The summed E-state index contributed by atoms with van der Waals surface area (Å²) in [6, 6.07) is 17.1. The summed E-state index contributed by atoms with van der Waals surface area (Å²) in [5, 5.41) is 21.3. The monoisotopic (exact) mass is 388 g/mol. The summed E-state index contributed by atoms with van der Waals surface area (Å²) in [7, 11) is 0. The highest BCUT2D eigenvalue weighted by Gasteiger charge is 2.32. The first-order chi connectivity index (χ1) is 13.4. The van der Waals surface area contributed by atoms with E-state index in [0.717, 1.165) is 16.5 Å². The van der Waals surface area contributed by atoms with E-state index >= 15 is 0 Å². The van der Waals surface area contributed by atoms with Gasteiger partial charge in [0.25, 0.3) is 0 Å². The van der Waals surface area contributed by atoms with Crippen LogP contribution in [0.1, 0.15) is 19.4 Å². The van der Waals surface area contributed by atoms with Crippen molar-refractivity contribution >= 4 is 39.7 Å². The zero-order valence-corrected chi connectivity index (χ0v) is 16.1. The maximum Gasteiger partial charge on any atom is 0.319 e. The quantitative estimate of drug-likeness (QED) is 0.521. The van der Waals surface area contributed by atoms with E-state index in [4.69, 9.17) is 0 Å². The summed E-state index contributed by atoms with van der Waals surface area (Å²) in [5.74, 6) is -0.922. The number of carboxylic acids is 1. The minimum Gasteiger partial charge on any atom is -0.480 e. The van der Waals surface area contributed by atoms with Gasteiger partial charge in [-0.25, -0.2) is 9.97 Å². The third-order valence-corrected chi connectivity index (χ3v) is 5.65. The Hall–Kier alpha value is -3.37. The van der Waals surface area contributed by atoms with Crippen molar-refractivity contribution in [1.82, 2.24) is 14.5 Å². The van der Waals surface area contributed by atoms with E-state index in [0.29, 0.717) is 21.9 Å². The van der Waals surface area contributed by atoms with Crippen molar-refractivity contribution in [3.63, 3.8) is 0 Å². The number of hydrogen-bond acceptors (Lipinski definition) is 5. The number of nitrogens with zero attached hydrogens (tertiary/aromatic N) is 4. The molecule has 0 amide bonds. The number of hydrogen-bond donors (Lipinski definition) is 1. The number of rotatable bonds is 4. The molecule has 4 rings (SSSR count). The van der Waals surface area contributed by atoms with E-state index in [2.05, 4.69) is 16.0 Å². The Kier molecular flexibility index (Phi) is 4.28. The van der Waals surface area contributed by atoms with Crippen molar-refractivity contribution in [3.05, 3.63) is 60.3 Å². The number of pyridine rings is 1. The van der Waals surface area contributed by atoms with Crippen LogP contribution < -0.4 is 0 Å². The Morgan fingerprint density at radius 2 is 1.89 bits per heavy atom. The SMILES string of the molecule is CC(C)(Sc1nc2cccnc2n1-c1ccc(C#N)c2ccccc12)C(=O)O. The van der Waals surface area contributed by atoms with E-state index in [-0.39, 0.29) is 0 Å². The second-order valence-electron chi connectivity index (χ2n) is 6.78. The number of fused-ring (bicyclic) bond motifs is 2. The molecule has 0 aliphatic heterocycles. The van der Waals surface area contributed by atoms with Gasteiger partial charge in [-0.15, -0.1) is 0 Å². The lowest BCUT2D eigenvalue weighted by Gasteiger charge is -2.19. The molecule has 0 aliphatic carbocycles. The molecule has 2 aromatic heterocycles. The van der Waals surface area contributed by atoms with Crippen LogP contribution in [0.3, 0.4) is 0 Å². The Labute approximate surface area is 165 Å². The van der Waals surface area contributed by atoms with Crippen molar-refractivity contribution in [3.8, 4) is 11.8 Å². The Morgan fingerprint density at radius 3 is 2.61 bits per heavy atom. The van der Waals surface area contributed by atoms with Crippen molar-refractivity contribution < 1.29 is 9.90 Å². The maximum atomic E-state index is 11.7. The van der Waals surface area contributed by atoms with Gasteiger partial charge >= 0.3 is 5.97 Å². The topological polar surface area (TPSA) is 91.8 Å². The molecule has 138 valence electrons. The summed E-state index contributed by atoms with van der Waals surface area (Å²) in [6.45, 7) is 3.29. The molecule has 0 atom stereocenters. The van der Waals surface area contributed by atoms with Gasteiger partial charge in [0.15, 0.2) is 10.8 Å². The predicted molar refractivity (Wildman–Crippen MR) is 109 cm³/mol. The first kappa shape index (κ1) is 18.0. The predicted octanol–water partition coefficient (Wildman–Crippen LogP) is 4.40. The molecule has 2 heterocycles. The summed E-state index contributed by atoms with van der Waals surface area (Å²) >= 11 is 1.17. The zero-order valence-electron chi connectivity index (χ0n) is 15.2. The number of carboxylic acid groups (broad SMARTS) is 1. The van der Waals surface area contributed by atoms with Crippen LogP contribution in [0.25, 0.3) is 27.6 Å². The van der Waals surface area contributed by atoms with Crippen molar-refractivity contribution in [2.75, 3.05) is 0 Å². The first-order valence-corrected chi connectivity index (χ1v) is 9.42. The van der Waals surface area contributed by atoms with Gasteiger partial charge in [0.05, 0.1) is 17.3 Å². The average Bonchev–Trinajstić information content (AvgIpc) is 3.04. The largest absolute Gasteiger partial charge is 0.480 e. The van der Waals surface area contributed by atoms with Crippen LogP contribution in [0.15, 0.2) is 59.9 Å². The van der Waals surface area contributed by atoms with E-state index in [9.17, 15) is 15.2 Å². The molecule has 28 heavy (non-hydrogen) atoms. The van der Waals surface area contributed by atoms with Gasteiger partial charge in [-0.1, -0.05) is 36.0 Å². The fourth-order valence-electron chi connectivity index (χ4n) is 3.02. The fraction of sp³-hybridized carbons (Fsp3) is 0.143. The first-order valence-electron chi connectivity index (χ1n) is 8.60. The lowest BCUT2D eigenvalue weighted by molar-refractivity contribution is -0.138. The smallest absolute Gasteiger partial charge is 0.319 e. The van der Waals surface area contributed by atoms with E-state index in [1.807, 2.05) is 41.0 Å². The second-order valence-corrected chi connectivity index (χ2v) is 8.37. The van der Waals surface area contributed by atoms with Crippen LogP contribution in [0.5, 0.6) is 0 Å². The average molecular weight is 388 g/mol. The summed E-state index contributed by atoms with van der Waals surface area (Å²) < 4.78 is 0.801.